The summed E-state index contributed by atoms with van der Waals surface area (Å²) in [5.74, 6) is -0.968. The molecule has 1 rings (SSSR count). The summed E-state index contributed by atoms with van der Waals surface area (Å²) in [5.41, 5.74) is 1.08. The Labute approximate surface area is 102 Å². The van der Waals surface area contributed by atoms with E-state index in [2.05, 4.69) is 9.47 Å². The van der Waals surface area contributed by atoms with Crippen molar-refractivity contribution in [2.24, 2.45) is 0 Å². The van der Waals surface area contributed by atoms with E-state index in [9.17, 15) is 13.6 Å². The van der Waals surface area contributed by atoms with E-state index in [0.717, 1.165) is 7.11 Å². The third-order valence-electron chi connectivity index (χ3n) is 2.25. The van der Waals surface area contributed by atoms with Crippen molar-refractivity contribution >= 4 is 17.6 Å². The molecule has 0 aromatic heterocycles. The molecule has 0 amide bonds. The van der Waals surface area contributed by atoms with Gasteiger partial charge in [0.2, 0.25) is 0 Å². The van der Waals surface area contributed by atoms with Crippen LogP contribution in [0.5, 0.6) is 5.75 Å². The Kier molecular flexibility index (Phi) is 4.69. The fourth-order valence-corrected chi connectivity index (χ4v) is 1.77. The van der Waals surface area contributed by atoms with Crippen LogP contribution in [0.3, 0.4) is 0 Å². The summed E-state index contributed by atoms with van der Waals surface area (Å²) in [6, 6.07) is 2.85. The zero-order chi connectivity index (χ0) is 13.0. The summed E-state index contributed by atoms with van der Waals surface area (Å²) in [6.45, 7) is -1.29. The summed E-state index contributed by atoms with van der Waals surface area (Å²) >= 11 is 5.70. The molecule has 94 valence electrons. The fourth-order valence-electron chi connectivity index (χ4n) is 1.42. The van der Waals surface area contributed by atoms with Gasteiger partial charge in [-0.25, -0.2) is 4.79 Å². The average Bonchev–Trinajstić information content (AvgIpc) is 2.29. The van der Waals surface area contributed by atoms with Gasteiger partial charge in [-0.3, -0.25) is 0 Å². The predicted molar refractivity (Wildman–Crippen MR) is 58.7 cm³/mol. The van der Waals surface area contributed by atoms with Gasteiger partial charge in [0.25, 0.3) is 0 Å². The molecule has 0 radical (unpaired) electrons. The van der Waals surface area contributed by atoms with Crippen molar-refractivity contribution in [1.29, 1.82) is 0 Å². The molecule has 17 heavy (non-hydrogen) atoms. The SMILES string of the molecule is COC(=O)c1c(OC(F)F)ccc(C)c1CCl. The standard InChI is InChI=1S/C11H11ClF2O3/c1-6-3-4-8(17-11(13)14)9(7(6)5-12)10(15)16-2/h3-4,11H,5H2,1-2H3. The summed E-state index contributed by atoms with van der Waals surface area (Å²) in [4.78, 5) is 11.5. The minimum atomic E-state index is -3.01. The van der Waals surface area contributed by atoms with Crippen LogP contribution in [0.25, 0.3) is 0 Å². The lowest BCUT2D eigenvalue weighted by Crippen LogP contribution is -2.12. The average molecular weight is 265 g/mol. The quantitative estimate of drug-likeness (QED) is 0.619. The van der Waals surface area contributed by atoms with Crippen molar-refractivity contribution in [1.82, 2.24) is 0 Å². The largest absolute Gasteiger partial charge is 0.465 e. The Morgan fingerprint density at radius 1 is 1.47 bits per heavy atom. The maximum Gasteiger partial charge on any atom is 0.387 e. The van der Waals surface area contributed by atoms with Crippen LogP contribution in [-0.2, 0) is 10.6 Å². The van der Waals surface area contributed by atoms with Gasteiger partial charge in [0.1, 0.15) is 11.3 Å². The molecule has 0 unspecified atom stereocenters. The maximum absolute atomic E-state index is 12.2. The van der Waals surface area contributed by atoms with Gasteiger partial charge in [0.15, 0.2) is 0 Å². The molecular formula is C11H11ClF2O3. The third-order valence-corrected chi connectivity index (χ3v) is 2.52. The van der Waals surface area contributed by atoms with E-state index in [1.807, 2.05) is 0 Å². The van der Waals surface area contributed by atoms with Crippen LogP contribution >= 0.6 is 11.6 Å². The lowest BCUT2D eigenvalue weighted by molar-refractivity contribution is -0.0504. The van der Waals surface area contributed by atoms with Crippen LogP contribution in [0.2, 0.25) is 0 Å². The molecule has 3 nitrogen and oxygen atoms in total. The maximum atomic E-state index is 12.2. The number of esters is 1. The molecule has 1 aromatic carbocycles. The van der Waals surface area contributed by atoms with Crippen molar-refractivity contribution in [3.05, 3.63) is 28.8 Å². The molecule has 0 atom stereocenters. The molecule has 6 heteroatoms. The van der Waals surface area contributed by atoms with E-state index in [4.69, 9.17) is 11.6 Å². The first kappa shape index (κ1) is 13.7. The van der Waals surface area contributed by atoms with Gasteiger partial charge in [0.05, 0.1) is 7.11 Å². The Morgan fingerprint density at radius 3 is 2.59 bits per heavy atom. The smallest absolute Gasteiger partial charge is 0.387 e. The molecule has 0 bridgehead atoms. The zero-order valence-corrected chi connectivity index (χ0v) is 10.1. The first-order chi connectivity index (χ1) is 8.01. The molecule has 0 fully saturated rings. The number of carbonyl (C=O) groups is 1. The van der Waals surface area contributed by atoms with Crippen LogP contribution < -0.4 is 4.74 Å². The van der Waals surface area contributed by atoms with Crippen molar-refractivity contribution in [3.63, 3.8) is 0 Å². The highest BCUT2D eigenvalue weighted by Gasteiger charge is 2.21. The Morgan fingerprint density at radius 2 is 2.12 bits per heavy atom. The minimum absolute atomic E-state index is 0.0106. The summed E-state index contributed by atoms with van der Waals surface area (Å²) in [6.07, 6.45) is 0. The van der Waals surface area contributed by atoms with Gasteiger partial charge >= 0.3 is 12.6 Å². The molecule has 0 saturated carbocycles. The lowest BCUT2D eigenvalue weighted by atomic mass is 10.0. The van der Waals surface area contributed by atoms with E-state index in [1.165, 1.54) is 6.07 Å². The number of hydrogen-bond acceptors (Lipinski definition) is 3. The van der Waals surface area contributed by atoms with Crippen LogP contribution in [0.15, 0.2) is 12.1 Å². The number of hydrogen-bond donors (Lipinski definition) is 0. The highest BCUT2D eigenvalue weighted by Crippen LogP contribution is 2.28. The van der Waals surface area contributed by atoms with Crippen LogP contribution in [0, 0.1) is 6.92 Å². The number of rotatable bonds is 4. The second-order valence-corrected chi connectivity index (χ2v) is 3.51. The van der Waals surface area contributed by atoms with Gasteiger partial charge in [-0.1, -0.05) is 6.07 Å². The second-order valence-electron chi connectivity index (χ2n) is 3.24. The molecule has 1 aromatic rings. The molecule has 0 saturated heterocycles. The fraction of sp³-hybridized carbons (Fsp3) is 0.364. The summed E-state index contributed by atoms with van der Waals surface area (Å²) < 4.78 is 33.2. The normalized spacial score (nSPS) is 10.5. The van der Waals surface area contributed by atoms with E-state index in [1.54, 1.807) is 13.0 Å². The van der Waals surface area contributed by atoms with Crippen LogP contribution in [0.1, 0.15) is 21.5 Å². The second kappa shape index (κ2) is 5.82. The summed E-state index contributed by atoms with van der Waals surface area (Å²) in [5, 5.41) is 0. The van der Waals surface area contributed by atoms with E-state index >= 15 is 0 Å². The van der Waals surface area contributed by atoms with E-state index in [-0.39, 0.29) is 17.2 Å². The van der Waals surface area contributed by atoms with Crippen molar-refractivity contribution in [3.8, 4) is 5.75 Å². The molecule has 0 spiro atoms. The monoisotopic (exact) mass is 264 g/mol. The molecule has 0 heterocycles. The van der Waals surface area contributed by atoms with E-state index < -0.39 is 12.6 Å². The van der Waals surface area contributed by atoms with Crippen LogP contribution in [-0.4, -0.2) is 19.7 Å². The number of alkyl halides is 3. The number of methoxy groups -OCH3 is 1. The highest BCUT2D eigenvalue weighted by atomic mass is 35.5. The number of carbonyl (C=O) groups excluding carboxylic acids is 1. The zero-order valence-electron chi connectivity index (χ0n) is 9.30. The Bertz CT molecular complexity index is 421. The number of halogens is 3. The number of aryl methyl sites for hydroxylation is 1. The first-order valence-corrected chi connectivity index (χ1v) is 5.26. The van der Waals surface area contributed by atoms with Gasteiger partial charge in [-0.15, -0.1) is 11.6 Å². The minimum Gasteiger partial charge on any atom is -0.465 e. The van der Waals surface area contributed by atoms with Crippen LogP contribution in [0.4, 0.5) is 8.78 Å². The summed E-state index contributed by atoms with van der Waals surface area (Å²) in [7, 11) is 1.16. The highest BCUT2D eigenvalue weighted by molar-refractivity contribution is 6.18. The number of benzene rings is 1. The van der Waals surface area contributed by atoms with Gasteiger partial charge < -0.3 is 9.47 Å². The van der Waals surface area contributed by atoms with Gasteiger partial charge in [0, 0.05) is 5.88 Å². The Balaban J connectivity index is 3.34. The van der Waals surface area contributed by atoms with Gasteiger partial charge in [-0.2, -0.15) is 8.78 Å². The number of ether oxygens (including phenoxy) is 2. The van der Waals surface area contributed by atoms with Crippen molar-refractivity contribution < 1.29 is 23.0 Å². The predicted octanol–water partition coefficient (Wildman–Crippen LogP) is 3.12. The van der Waals surface area contributed by atoms with Crippen molar-refractivity contribution in [2.45, 2.75) is 19.4 Å². The Hall–Kier alpha value is -1.36. The molecule has 0 aliphatic carbocycles. The molecule has 0 aliphatic heterocycles. The molecular weight excluding hydrogens is 254 g/mol. The van der Waals surface area contributed by atoms with Crippen molar-refractivity contribution in [2.75, 3.05) is 7.11 Å². The van der Waals surface area contributed by atoms with Gasteiger partial charge in [-0.05, 0) is 24.1 Å². The topological polar surface area (TPSA) is 35.5 Å². The van der Waals surface area contributed by atoms with E-state index in [0.29, 0.717) is 11.1 Å². The lowest BCUT2D eigenvalue weighted by Gasteiger charge is -2.14. The molecule has 0 aliphatic rings. The molecule has 0 N–H and O–H groups in total. The third kappa shape index (κ3) is 3.06. The first-order valence-electron chi connectivity index (χ1n) is 4.72.